The van der Waals surface area contributed by atoms with Crippen molar-refractivity contribution in [2.75, 3.05) is 0 Å². The topological polar surface area (TPSA) is 0 Å². The molecule has 0 heterocycles. The van der Waals surface area contributed by atoms with Gasteiger partial charge >= 0.3 is 0 Å². The van der Waals surface area contributed by atoms with E-state index in [-0.39, 0.29) is 0 Å². The molecular weight excluding hydrogens is 271 g/mol. The van der Waals surface area contributed by atoms with Crippen LogP contribution in [0.2, 0.25) is 0 Å². The molecule has 0 radical (unpaired) electrons. The van der Waals surface area contributed by atoms with Gasteiger partial charge in [-0.2, -0.15) is 0 Å². The van der Waals surface area contributed by atoms with E-state index in [4.69, 9.17) is 0 Å². The zero-order valence-electron chi connectivity index (χ0n) is 8.76. The second-order valence-electron chi connectivity index (χ2n) is 4.13. The van der Waals surface area contributed by atoms with Gasteiger partial charge in [0.05, 0.1) is 0 Å². The second kappa shape index (κ2) is 4.45. The van der Waals surface area contributed by atoms with Crippen molar-refractivity contribution in [3.05, 3.63) is 32.9 Å². The normalized spacial score (nSPS) is 11.3. The zero-order chi connectivity index (χ0) is 10.0. The summed E-state index contributed by atoms with van der Waals surface area (Å²) in [6.45, 7) is 8.98. The van der Waals surface area contributed by atoms with E-state index in [2.05, 4.69) is 68.5 Å². The van der Waals surface area contributed by atoms with Gasteiger partial charge in [-0.1, -0.05) is 33.8 Å². The van der Waals surface area contributed by atoms with Gasteiger partial charge < -0.3 is 0 Å². The standard InChI is InChI=1S/C12H17I/c1-8(2)10-5-11(9(3)4)7-12(13)6-10/h5-9H,1-4H3. The van der Waals surface area contributed by atoms with E-state index in [0.717, 1.165) is 0 Å². The minimum absolute atomic E-state index is 0.632. The Morgan fingerprint density at radius 1 is 0.846 bits per heavy atom. The summed E-state index contributed by atoms with van der Waals surface area (Å²) in [5.74, 6) is 1.26. The molecule has 0 amide bonds. The summed E-state index contributed by atoms with van der Waals surface area (Å²) in [6, 6.07) is 6.88. The highest BCUT2D eigenvalue weighted by Crippen LogP contribution is 2.23. The molecule has 0 nitrogen and oxygen atoms in total. The van der Waals surface area contributed by atoms with Gasteiger partial charge in [-0.25, -0.2) is 0 Å². The van der Waals surface area contributed by atoms with E-state index in [1.165, 1.54) is 14.7 Å². The molecule has 0 aliphatic carbocycles. The molecular formula is C12H17I. The first-order valence-corrected chi connectivity index (χ1v) is 5.89. The lowest BCUT2D eigenvalue weighted by Gasteiger charge is -2.11. The van der Waals surface area contributed by atoms with Crippen molar-refractivity contribution in [3.8, 4) is 0 Å². The van der Waals surface area contributed by atoms with Crippen LogP contribution >= 0.6 is 22.6 Å². The maximum atomic E-state index is 2.40. The van der Waals surface area contributed by atoms with Crippen LogP contribution in [0.5, 0.6) is 0 Å². The fraction of sp³-hybridized carbons (Fsp3) is 0.500. The summed E-state index contributed by atoms with van der Waals surface area (Å²) < 4.78 is 1.35. The highest BCUT2D eigenvalue weighted by Gasteiger charge is 2.05. The lowest BCUT2D eigenvalue weighted by Crippen LogP contribution is -1.94. The number of benzene rings is 1. The van der Waals surface area contributed by atoms with Crippen LogP contribution < -0.4 is 0 Å². The Bertz CT molecular complexity index is 261. The minimum Gasteiger partial charge on any atom is -0.0587 e. The Balaban J connectivity index is 3.11. The Morgan fingerprint density at radius 3 is 1.54 bits per heavy atom. The average Bonchev–Trinajstić information content (AvgIpc) is 2.03. The molecule has 0 aromatic heterocycles. The maximum absolute atomic E-state index is 2.40. The van der Waals surface area contributed by atoms with Crippen molar-refractivity contribution in [1.29, 1.82) is 0 Å². The summed E-state index contributed by atoms with van der Waals surface area (Å²) in [4.78, 5) is 0. The number of hydrogen-bond donors (Lipinski definition) is 0. The van der Waals surface area contributed by atoms with E-state index in [1.807, 2.05) is 0 Å². The fourth-order valence-corrected chi connectivity index (χ4v) is 2.02. The fourth-order valence-electron chi connectivity index (χ4n) is 1.30. The molecule has 1 aromatic carbocycles. The van der Waals surface area contributed by atoms with Crippen molar-refractivity contribution in [2.45, 2.75) is 39.5 Å². The average molecular weight is 288 g/mol. The van der Waals surface area contributed by atoms with E-state index in [1.54, 1.807) is 0 Å². The van der Waals surface area contributed by atoms with Gasteiger partial charge in [0.2, 0.25) is 0 Å². The molecule has 0 aliphatic rings. The Labute approximate surface area is 94.9 Å². The predicted molar refractivity (Wildman–Crippen MR) is 67.3 cm³/mol. The molecule has 0 bridgehead atoms. The molecule has 0 N–H and O–H groups in total. The molecule has 0 unspecified atom stereocenters. The number of rotatable bonds is 2. The maximum Gasteiger partial charge on any atom is 0.0135 e. The molecule has 0 saturated carbocycles. The quantitative estimate of drug-likeness (QED) is 0.701. The largest absolute Gasteiger partial charge is 0.0587 e. The summed E-state index contributed by atoms with van der Waals surface area (Å²) in [5, 5.41) is 0. The van der Waals surface area contributed by atoms with Crippen LogP contribution in [-0.4, -0.2) is 0 Å². The van der Waals surface area contributed by atoms with Gasteiger partial charge in [-0.15, -0.1) is 0 Å². The van der Waals surface area contributed by atoms with Crippen LogP contribution in [0.25, 0.3) is 0 Å². The molecule has 72 valence electrons. The molecule has 0 spiro atoms. The molecule has 0 saturated heterocycles. The van der Waals surface area contributed by atoms with Crippen molar-refractivity contribution in [3.63, 3.8) is 0 Å². The van der Waals surface area contributed by atoms with Gasteiger partial charge in [0, 0.05) is 3.57 Å². The van der Waals surface area contributed by atoms with Crippen LogP contribution in [0.3, 0.4) is 0 Å². The highest BCUT2D eigenvalue weighted by molar-refractivity contribution is 14.1. The first kappa shape index (κ1) is 11.0. The SMILES string of the molecule is CC(C)c1cc(I)cc(C(C)C)c1. The highest BCUT2D eigenvalue weighted by atomic mass is 127. The number of hydrogen-bond acceptors (Lipinski definition) is 0. The van der Waals surface area contributed by atoms with Gasteiger partial charge in [-0.05, 0) is 57.7 Å². The summed E-state index contributed by atoms with van der Waals surface area (Å²) in [7, 11) is 0. The van der Waals surface area contributed by atoms with Crippen molar-refractivity contribution >= 4 is 22.6 Å². The molecule has 1 aromatic rings. The second-order valence-corrected chi connectivity index (χ2v) is 5.37. The van der Waals surface area contributed by atoms with Crippen molar-refractivity contribution in [1.82, 2.24) is 0 Å². The summed E-state index contributed by atoms with van der Waals surface area (Å²) in [5.41, 5.74) is 2.91. The van der Waals surface area contributed by atoms with E-state index in [9.17, 15) is 0 Å². The summed E-state index contributed by atoms with van der Waals surface area (Å²) >= 11 is 2.40. The van der Waals surface area contributed by atoms with Gasteiger partial charge in [0.15, 0.2) is 0 Å². The third-order valence-electron chi connectivity index (χ3n) is 2.28. The lowest BCUT2D eigenvalue weighted by atomic mass is 9.96. The molecule has 0 atom stereocenters. The van der Waals surface area contributed by atoms with Gasteiger partial charge in [-0.3, -0.25) is 0 Å². The molecule has 13 heavy (non-hydrogen) atoms. The first-order valence-electron chi connectivity index (χ1n) is 4.81. The Kier molecular flexibility index (Phi) is 3.77. The molecule has 0 fully saturated rings. The van der Waals surface area contributed by atoms with Gasteiger partial charge in [0.25, 0.3) is 0 Å². The third kappa shape index (κ3) is 2.97. The first-order chi connectivity index (χ1) is 6.00. The van der Waals surface area contributed by atoms with Crippen molar-refractivity contribution < 1.29 is 0 Å². The number of halogens is 1. The zero-order valence-corrected chi connectivity index (χ0v) is 10.9. The molecule has 0 aliphatic heterocycles. The van der Waals surface area contributed by atoms with E-state index in [0.29, 0.717) is 11.8 Å². The van der Waals surface area contributed by atoms with Crippen LogP contribution in [-0.2, 0) is 0 Å². The summed E-state index contributed by atoms with van der Waals surface area (Å²) in [6.07, 6.45) is 0. The Hall–Kier alpha value is -0.0500. The van der Waals surface area contributed by atoms with Gasteiger partial charge in [0.1, 0.15) is 0 Å². The van der Waals surface area contributed by atoms with E-state index >= 15 is 0 Å². The minimum atomic E-state index is 0.632. The molecule has 1 rings (SSSR count). The third-order valence-corrected chi connectivity index (χ3v) is 2.90. The van der Waals surface area contributed by atoms with E-state index < -0.39 is 0 Å². The van der Waals surface area contributed by atoms with Crippen LogP contribution in [0, 0.1) is 3.57 Å². The van der Waals surface area contributed by atoms with Crippen LogP contribution in [0.4, 0.5) is 0 Å². The monoisotopic (exact) mass is 288 g/mol. The Morgan fingerprint density at radius 2 is 1.23 bits per heavy atom. The van der Waals surface area contributed by atoms with Crippen molar-refractivity contribution in [2.24, 2.45) is 0 Å². The predicted octanol–water partition coefficient (Wildman–Crippen LogP) is 4.54. The van der Waals surface area contributed by atoms with Crippen LogP contribution in [0.15, 0.2) is 18.2 Å². The lowest BCUT2D eigenvalue weighted by molar-refractivity contribution is 0.832. The molecule has 1 heteroatoms. The smallest absolute Gasteiger partial charge is 0.0135 e. The van der Waals surface area contributed by atoms with Crippen LogP contribution in [0.1, 0.15) is 50.7 Å².